The van der Waals surface area contributed by atoms with Crippen LogP contribution in [0.2, 0.25) is 0 Å². The molecule has 0 spiro atoms. The molecule has 1 atom stereocenters. The number of hydrogen-bond acceptors (Lipinski definition) is 4. The molecule has 0 radical (unpaired) electrons. The summed E-state index contributed by atoms with van der Waals surface area (Å²) < 4.78 is 58.2. The Hall–Kier alpha value is -0.630. The fraction of sp³-hybridized carbons (Fsp3) is 0.875. The fourth-order valence-corrected chi connectivity index (χ4v) is 1.58. The monoisotopic (exact) mass is 261 g/mol. The highest BCUT2D eigenvalue weighted by atomic mass is 32.2. The number of hydrogen-bond donors (Lipinski definition) is 1. The van der Waals surface area contributed by atoms with Crippen molar-refractivity contribution < 1.29 is 26.4 Å². The average Bonchev–Trinajstić information content (AvgIpc) is 1.99. The Labute approximate surface area is 91.9 Å². The number of alkyl halides is 3. The topological polar surface area (TPSA) is 77.2 Å². The summed E-state index contributed by atoms with van der Waals surface area (Å²) in [7, 11) is -3.28. The second-order valence-electron chi connectivity index (χ2n) is 3.86. The van der Waals surface area contributed by atoms with Crippen molar-refractivity contribution in [3.8, 4) is 0 Å². The maximum Gasteiger partial charge on any atom is 0.413 e. The van der Waals surface area contributed by atoms with Crippen molar-refractivity contribution in [2.75, 3.05) is 12.0 Å². The van der Waals surface area contributed by atoms with E-state index < -0.39 is 33.8 Å². The molecule has 96 valence electrons. The van der Waals surface area contributed by atoms with Crippen LogP contribution in [-0.2, 0) is 14.6 Å². The summed E-state index contributed by atoms with van der Waals surface area (Å²) in [5.41, 5.74) is 1.95. The maximum atomic E-state index is 12.3. The molecule has 0 aromatic rings. The van der Waals surface area contributed by atoms with E-state index in [9.17, 15) is 26.4 Å². The minimum atomic E-state index is -4.82. The first kappa shape index (κ1) is 15.4. The lowest BCUT2D eigenvalue weighted by Gasteiger charge is -2.25. The van der Waals surface area contributed by atoms with E-state index in [2.05, 4.69) is 0 Å². The molecular weight excluding hydrogens is 247 g/mol. The van der Waals surface area contributed by atoms with Crippen LogP contribution in [0.1, 0.15) is 19.8 Å². The van der Waals surface area contributed by atoms with Crippen LogP contribution < -0.4 is 5.73 Å². The number of Topliss-reactive ketones (excluding diaryl/α,β-unsaturated/α-hetero) is 1. The predicted octanol–water partition coefficient (Wildman–Crippen LogP) is 0.660. The number of rotatable bonds is 5. The molecule has 0 aliphatic carbocycles. The number of sulfone groups is 1. The van der Waals surface area contributed by atoms with Crippen molar-refractivity contribution in [2.24, 2.45) is 5.73 Å². The molecule has 0 amide bonds. The lowest BCUT2D eigenvalue weighted by molar-refractivity contribution is -0.186. The van der Waals surface area contributed by atoms with Crippen LogP contribution >= 0.6 is 0 Å². The number of carbonyl (C=O) groups is 1. The van der Waals surface area contributed by atoms with E-state index in [-0.39, 0.29) is 12.2 Å². The molecule has 0 aromatic carbocycles. The van der Waals surface area contributed by atoms with Gasteiger partial charge >= 0.3 is 6.18 Å². The molecule has 16 heavy (non-hydrogen) atoms. The van der Waals surface area contributed by atoms with Gasteiger partial charge in [0, 0.05) is 12.7 Å². The first-order valence-electron chi connectivity index (χ1n) is 4.44. The van der Waals surface area contributed by atoms with E-state index >= 15 is 0 Å². The van der Waals surface area contributed by atoms with Crippen molar-refractivity contribution in [1.29, 1.82) is 0 Å². The zero-order chi connectivity index (χ0) is 13.2. The van der Waals surface area contributed by atoms with Gasteiger partial charge in [-0.2, -0.15) is 13.2 Å². The van der Waals surface area contributed by atoms with E-state index in [0.29, 0.717) is 6.92 Å². The molecule has 0 saturated heterocycles. The minimum Gasteiger partial charge on any atom is -0.312 e. The Morgan fingerprint density at radius 1 is 1.31 bits per heavy atom. The van der Waals surface area contributed by atoms with E-state index in [1.165, 1.54) is 0 Å². The summed E-state index contributed by atoms with van der Waals surface area (Å²) in [5.74, 6) is -1.53. The summed E-state index contributed by atoms with van der Waals surface area (Å²) in [6, 6.07) is 0. The van der Waals surface area contributed by atoms with E-state index in [1.54, 1.807) is 0 Å². The lowest BCUT2D eigenvalue weighted by Crippen LogP contribution is -2.57. The van der Waals surface area contributed by atoms with Crippen LogP contribution in [0.25, 0.3) is 0 Å². The molecule has 2 N–H and O–H groups in total. The third-order valence-electron chi connectivity index (χ3n) is 2.09. The first-order valence-corrected chi connectivity index (χ1v) is 6.50. The Kier molecular flexibility index (Phi) is 4.52. The second kappa shape index (κ2) is 4.70. The van der Waals surface area contributed by atoms with Crippen LogP contribution in [-0.4, -0.2) is 37.9 Å². The SMILES string of the molecule is CC(N)(C(=O)CCCS(C)(=O)=O)C(F)(F)F. The van der Waals surface area contributed by atoms with Gasteiger partial charge in [0.2, 0.25) is 0 Å². The zero-order valence-corrected chi connectivity index (χ0v) is 9.78. The van der Waals surface area contributed by atoms with Gasteiger partial charge in [-0.3, -0.25) is 4.79 Å². The summed E-state index contributed by atoms with van der Waals surface area (Å²) in [6.07, 6.45) is -4.53. The molecule has 0 aliphatic heterocycles. The van der Waals surface area contributed by atoms with Crippen molar-refractivity contribution in [1.82, 2.24) is 0 Å². The van der Waals surface area contributed by atoms with Gasteiger partial charge in [-0.05, 0) is 13.3 Å². The third-order valence-corrected chi connectivity index (χ3v) is 3.12. The summed E-state index contributed by atoms with van der Waals surface area (Å²) in [6.45, 7) is 0.579. The Balaban J connectivity index is 4.39. The molecule has 0 aliphatic rings. The summed E-state index contributed by atoms with van der Waals surface area (Å²) in [5, 5.41) is 0. The maximum absolute atomic E-state index is 12.3. The van der Waals surface area contributed by atoms with E-state index in [4.69, 9.17) is 5.73 Å². The second-order valence-corrected chi connectivity index (χ2v) is 6.12. The van der Waals surface area contributed by atoms with Gasteiger partial charge < -0.3 is 5.73 Å². The van der Waals surface area contributed by atoms with E-state index in [1.807, 2.05) is 0 Å². The van der Waals surface area contributed by atoms with Gasteiger partial charge in [0.25, 0.3) is 0 Å². The normalized spacial score (nSPS) is 16.9. The van der Waals surface area contributed by atoms with Gasteiger partial charge in [-0.25, -0.2) is 8.42 Å². The molecule has 1 unspecified atom stereocenters. The molecule has 0 fully saturated rings. The van der Waals surface area contributed by atoms with Crippen LogP contribution in [0.15, 0.2) is 0 Å². The third kappa shape index (κ3) is 4.48. The Bertz CT molecular complexity index is 359. The van der Waals surface area contributed by atoms with Crippen LogP contribution in [0.5, 0.6) is 0 Å². The van der Waals surface area contributed by atoms with Crippen molar-refractivity contribution >= 4 is 15.6 Å². The fourth-order valence-electron chi connectivity index (χ4n) is 0.913. The molecule has 0 rings (SSSR count). The quantitative estimate of drug-likeness (QED) is 0.788. The highest BCUT2D eigenvalue weighted by Crippen LogP contribution is 2.29. The summed E-state index contributed by atoms with van der Waals surface area (Å²) >= 11 is 0. The molecular formula is C8H14F3NO3S. The largest absolute Gasteiger partial charge is 0.413 e. The van der Waals surface area contributed by atoms with Crippen LogP contribution in [0.4, 0.5) is 13.2 Å². The van der Waals surface area contributed by atoms with Gasteiger partial charge in [-0.1, -0.05) is 0 Å². The molecule has 0 saturated carbocycles. The Morgan fingerprint density at radius 2 is 1.75 bits per heavy atom. The first-order chi connectivity index (χ1) is 6.88. The predicted molar refractivity (Wildman–Crippen MR) is 52.6 cm³/mol. The average molecular weight is 261 g/mol. The molecule has 0 heterocycles. The Morgan fingerprint density at radius 3 is 2.06 bits per heavy atom. The number of nitrogens with two attached hydrogens (primary N) is 1. The van der Waals surface area contributed by atoms with Crippen molar-refractivity contribution in [2.45, 2.75) is 31.5 Å². The van der Waals surface area contributed by atoms with Gasteiger partial charge in [0.05, 0.1) is 5.75 Å². The van der Waals surface area contributed by atoms with Gasteiger partial charge in [-0.15, -0.1) is 0 Å². The van der Waals surface area contributed by atoms with Gasteiger partial charge in [0.15, 0.2) is 11.3 Å². The van der Waals surface area contributed by atoms with E-state index in [0.717, 1.165) is 6.26 Å². The summed E-state index contributed by atoms with van der Waals surface area (Å²) in [4.78, 5) is 11.2. The number of carbonyl (C=O) groups excluding carboxylic acids is 1. The lowest BCUT2D eigenvalue weighted by atomic mass is 9.94. The smallest absolute Gasteiger partial charge is 0.312 e. The van der Waals surface area contributed by atoms with Crippen LogP contribution in [0.3, 0.4) is 0 Å². The molecule has 8 heteroatoms. The zero-order valence-electron chi connectivity index (χ0n) is 8.97. The standard InChI is InChI=1S/C8H14F3NO3S/c1-7(12,8(9,10)11)6(13)4-3-5-16(2,14)15/h3-5,12H2,1-2H3. The number of halogens is 3. The highest BCUT2D eigenvalue weighted by Gasteiger charge is 2.52. The van der Waals surface area contributed by atoms with Crippen LogP contribution in [0, 0.1) is 0 Å². The molecule has 0 aromatic heterocycles. The minimum absolute atomic E-state index is 0.152. The number of ketones is 1. The van der Waals surface area contributed by atoms with Crippen molar-refractivity contribution in [3.05, 3.63) is 0 Å². The molecule has 4 nitrogen and oxygen atoms in total. The van der Waals surface area contributed by atoms with Crippen molar-refractivity contribution in [3.63, 3.8) is 0 Å². The van der Waals surface area contributed by atoms with Gasteiger partial charge in [0.1, 0.15) is 9.84 Å². The highest BCUT2D eigenvalue weighted by molar-refractivity contribution is 7.90. The molecule has 0 bridgehead atoms.